The average molecular weight is 428 g/mol. The number of carbonyl (C=O) groups excluding carboxylic acids is 2. The van der Waals surface area contributed by atoms with Crippen LogP contribution in [0, 0.1) is 0 Å². The summed E-state index contributed by atoms with van der Waals surface area (Å²) in [6, 6.07) is 0.268. The Balaban J connectivity index is 1.46. The molecule has 0 radical (unpaired) electrons. The molecule has 3 rings (SSSR count). The minimum Gasteiger partial charge on any atom is -0.379 e. The largest absolute Gasteiger partial charge is 0.379 e. The first-order valence-electron chi connectivity index (χ1n) is 9.78. The predicted octanol–water partition coefficient (Wildman–Crippen LogP) is 1.76. The van der Waals surface area contributed by atoms with Crippen molar-refractivity contribution in [2.45, 2.75) is 56.0 Å². The van der Waals surface area contributed by atoms with Crippen LogP contribution in [-0.2, 0) is 14.3 Å². The Labute approximate surface area is 174 Å². The number of rotatable bonds is 9. The molecule has 1 N–H and O–H groups in total. The third-order valence-electron chi connectivity index (χ3n) is 5.00. The van der Waals surface area contributed by atoms with Gasteiger partial charge in [0.05, 0.1) is 19.0 Å². The fraction of sp³-hybridized carbons (Fsp3) is 0.778. The molecule has 2 heterocycles. The van der Waals surface area contributed by atoms with E-state index in [1.165, 1.54) is 23.1 Å². The summed E-state index contributed by atoms with van der Waals surface area (Å²) in [5, 5.41) is 12.0. The van der Waals surface area contributed by atoms with Gasteiger partial charge in [-0.15, -0.1) is 10.2 Å². The molecule has 28 heavy (non-hydrogen) atoms. The zero-order valence-corrected chi connectivity index (χ0v) is 18.4. The molecule has 1 aromatic rings. The van der Waals surface area contributed by atoms with E-state index >= 15 is 0 Å². The van der Waals surface area contributed by atoms with Gasteiger partial charge in [0.1, 0.15) is 0 Å². The minimum atomic E-state index is -0.106. The molecule has 0 spiro atoms. The maximum absolute atomic E-state index is 12.3. The van der Waals surface area contributed by atoms with Gasteiger partial charge in [0.25, 0.3) is 0 Å². The van der Waals surface area contributed by atoms with Crippen LogP contribution in [0.3, 0.4) is 0 Å². The molecule has 156 valence electrons. The lowest BCUT2D eigenvalue weighted by Crippen LogP contribution is -2.55. The van der Waals surface area contributed by atoms with Crippen molar-refractivity contribution < 1.29 is 14.3 Å². The summed E-state index contributed by atoms with van der Waals surface area (Å²) in [4.78, 5) is 28.6. The Morgan fingerprint density at radius 3 is 2.68 bits per heavy atom. The standard InChI is InChI=1S/C18H29N5O3S2/c1-4-15(25)23(13-5-6-13)16-20-21-17(28-16)27-11-14(24)19-12-18(2,3)22-7-9-26-10-8-22/h13H,4-12H2,1-3H3,(H,19,24). The zero-order valence-electron chi connectivity index (χ0n) is 16.8. The summed E-state index contributed by atoms with van der Waals surface area (Å²) in [6.07, 6.45) is 2.50. The van der Waals surface area contributed by atoms with Gasteiger partial charge in [-0.05, 0) is 26.7 Å². The second kappa shape index (κ2) is 9.51. The Morgan fingerprint density at radius 2 is 2.04 bits per heavy atom. The number of nitrogens with one attached hydrogen (secondary N) is 1. The lowest BCUT2D eigenvalue weighted by molar-refractivity contribution is -0.119. The van der Waals surface area contributed by atoms with Crippen molar-refractivity contribution in [3.05, 3.63) is 0 Å². The van der Waals surface area contributed by atoms with Crippen LogP contribution in [0.25, 0.3) is 0 Å². The van der Waals surface area contributed by atoms with Crippen molar-refractivity contribution in [2.24, 2.45) is 0 Å². The molecule has 0 aromatic carbocycles. The van der Waals surface area contributed by atoms with Gasteiger partial charge in [-0.3, -0.25) is 19.4 Å². The summed E-state index contributed by atoms with van der Waals surface area (Å²) in [5.74, 6) is 0.351. The smallest absolute Gasteiger partial charge is 0.230 e. The third kappa shape index (κ3) is 5.65. The molecule has 2 fully saturated rings. The molecule has 1 aromatic heterocycles. The lowest BCUT2D eigenvalue weighted by Gasteiger charge is -2.40. The number of aromatic nitrogens is 2. The fourth-order valence-electron chi connectivity index (χ4n) is 3.10. The highest BCUT2D eigenvalue weighted by molar-refractivity contribution is 8.01. The average Bonchev–Trinajstić information content (AvgIpc) is 3.42. The summed E-state index contributed by atoms with van der Waals surface area (Å²) in [6.45, 7) is 9.99. The number of nitrogens with zero attached hydrogens (tertiary/aromatic N) is 4. The Kier molecular flexibility index (Phi) is 7.30. The van der Waals surface area contributed by atoms with Gasteiger partial charge in [-0.25, -0.2) is 0 Å². The molecule has 0 bridgehead atoms. The van der Waals surface area contributed by atoms with Crippen LogP contribution >= 0.6 is 23.1 Å². The molecular formula is C18H29N5O3S2. The van der Waals surface area contributed by atoms with E-state index < -0.39 is 0 Å². The monoisotopic (exact) mass is 427 g/mol. The second-order valence-electron chi connectivity index (χ2n) is 7.68. The summed E-state index contributed by atoms with van der Waals surface area (Å²) in [5.41, 5.74) is -0.106. The van der Waals surface area contributed by atoms with Crippen molar-refractivity contribution >= 4 is 40.0 Å². The Morgan fingerprint density at radius 1 is 1.32 bits per heavy atom. The van der Waals surface area contributed by atoms with Crippen LogP contribution in [0.5, 0.6) is 0 Å². The molecule has 1 saturated carbocycles. The summed E-state index contributed by atoms with van der Waals surface area (Å²) in [7, 11) is 0. The molecule has 0 unspecified atom stereocenters. The van der Waals surface area contributed by atoms with Gasteiger partial charge in [0.2, 0.25) is 16.9 Å². The van der Waals surface area contributed by atoms with Crippen LogP contribution in [0.2, 0.25) is 0 Å². The maximum atomic E-state index is 12.3. The van der Waals surface area contributed by atoms with Gasteiger partial charge in [-0.1, -0.05) is 30.0 Å². The van der Waals surface area contributed by atoms with E-state index in [1.54, 1.807) is 4.90 Å². The van der Waals surface area contributed by atoms with E-state index in [0.29, 0.717) is 28.2 Å². The number of anilines is 1. The SMILES string of the molecule is CCC(=O)N(c1nnc(SCC(=O)NCC(C)(C)N2CCOCC2)s1)C1CC1. The Bertz CT molecular complexity index is 687. The molecule has 1 aliphatic carbocycles. The van der Waals surface area contributed by atoms with Crippen molar-refractivity contribution in [1.29, 1.82) is 0 Å². The zero-order chi connectivity index (χ0) is 20.1. The number of hydrogen-bond donors (Lipinski definition) is 1. The quantitative estimate of drug-likeness (QED) is 0.475. The van der Waals surface area contributed by atoms with Gasteiger partial charge < -0.3 is 10.1 Å². The molecular weight excluding hydrogens is 398 g/mol. The van der Waals surface area contributed by atoms with Crippen molar-refractivity contribution in [3.63, 3.8) is 0 Å². The number of carbonyl (C=O) groups is 2. The predicted molar refractivity (Wildman–Crippen MR) is 111 cm³/mol. The van der Waals surface area contributed by atoms with Crippen molar-refractivity contribution in [3.8, 4) is 0 Å². The highest BCUT2D eigenvalue weighted by atomic mass is 32.2. The van der Waals surface area contributed by atoms with Gasteiger partial charge in [0.15, 0.2) is 4.34 Å². The maximum Gasteiger partial charge on any atom is 0.230 e. The molecule has 10 heteroatoms. The van der Waals surface area contributed by atoms with Crippen LogP contribution in [-0.4, -0.2) is 77.1 Å². The van der Waals surface area contributed by atoms with E-state index in [4.69, 9.17) is 4.74 Å². The first kappa shape index (κ1) is 21.5. The topological polar surface area (TPSA) is 87.7 Å². The van der Waals surface area contributed by atoms with E-state index in [9.17, 15) is 9.59 Å². The van der Waals surface area contributed by atoms with Gasteiger partial charge >= 0.3 is 0 Å². The number of thioether (sulfide) groups is 1. The molecule has 2 amide bonds. The summed E-state index contributed by atoms with van der Waals surface area (Å²) < 4.78 is 6.11. The highest BCUT2D eigenvalue weighted by Crippen LogP contribution is 2.36. The molecule has 0 atom stereocenters. The number of hydrogen-bond acceptors (Lipinski definition) is 8. The van der Waals surface area contributed by atoms with Gasteiger partial charge in [-0.2, -0.15) is 0 Å². The number of morpholine rings is 1. The van der Waals surface area contributed by atoms with Crippen molar-refractivity contribution in [2.75, 3.05) is 43.5 Å². The van der Waals surface area contributed by atoms with Crippen molar-refractivity contribution in [1.82, 2.24) is 20.4 Å². The first-order valence-corrected chi connectivity index (χ1v) is 11.6. The van der Waals surface area contributed by atoms with E-state index in [-0.39, 0.29) is 23.4 Å². The fourth-order valence-corrected chi connectivity index (χ4v) is 4.86. The first-order chi connectivity index (χ1) is 13.4. The van der Waals surface area contributed by atoms with E-state index in [2.05, 4.69) is 34.3 Å². The van der Waals surface area contributed by atoms with E-state index in [0.717, 1.165) is 39.1 Å². The van der Waals surface area contributed by atoms with Crippen LogP contribution < -0.4 is 10.2 Å². The molecule has 1 saturated heterocycles. The van der Waals surface area contributed by atoms with Crippen LogP contribution in [0.15, 0.2) is 4.34 Å². The second-order valence-corrected chi connectivity index (χ2v) is 9.85. The molecule has 8 nitrogen and oxygen atoms in total. The molecule has 1 aliphatic heterocycles. The lowest BCUT2D eigenvalue weighted by atomic mass is 10.0. The Hall–Kier alpha value is -1.23. The van der Waals surface area contributed by atoms with Crippen LogP contribution in [0.1, 0.15) is 40.0 Å². The number of amides is 2. The molecule has 2 aliphatic rings. The van der Waals surface area contributed by atoms with Crippen LogP contribution in [0.4, 0.5) is 5.13 Å². The van der Waals surface area contributed by atoms with Gasteiger partial charge in [0, 0.05) is 37.6 Å². The van der Waals surface area contributed by atoms with E-state index in [1.807, 2.05) is 6.92 Å². The third-order valence-corrected chi connectivity index (χ3v) is 7.05. The summed E-state index contributed by atoms with van der Waals surface area (Å²) >= 11 is 2.75. The minimum absolute atomic E-state index is 0.0215. The number of ether oxygens (including phenoxy) is 1. The normalized spacial score (nSPS) is 18.1. The highest BCUT2D eigenvalue weighted by Gasteiger charge is 2.35.